The Balaban J connectivity index is 1.86. The summed E-state index contributed by atoms with van der Waals surface area (Å²) in [6, 6.07) is 12.8. The van der Waals surface area contributed by atoms with Crippen molar-refractivity contribution in [3.05, 3.63) is 60.4 Å². The van der Waals surface area contributed by atoms with Crippen LogP contribution in [-0.2, 0) is 11.3 Å². The molecule has 0 saturated carbocycles. The summed E-state index contributed by atoms with van der Waals surface area (Å²) in [6.45, 7) is 1.53. The summed E-state index contributed by atoms with van der Waals surface area (Å²) >= 11 is 0. The number of H-pyrrole nitrogens is 1. The standard InChI is InChI=1S/C24H31N7O3/c1-30(11-9-25)22-13-18(19-14-27-28-15-19)6-7-21(22)29-24(33)31(10-8-23(26)32)16-17-4-3-5-20(12-17)34-2/h3-7,12-15H,8-11,16,25H2,1-2H3,(H2,26,32)(H,27,28)(H,29,33). The maximum atomic E-state index is 13.3. The maximum absolute atomic E-state index is 13.3. The normalized spacial score (nSPS) is 10.6. The second-order valence-electron chi connectivity index (χ2n) is 7.85. The summed E-state index contributed by atoms with van der Waals surface area (Å²) in [5.74, 6) is 0.213. The van der Waals surface area contributed by atoms with E-state index in [1.165, 1.54) is 0 Å². The van der Waals surface area contributed by atoms with Crippen molar-refractivity contribution in [1.29, 1.82) is 0 Å². The lowest BCUT2D eigenvalue weighted by atomic mass is 10.1. The largest absolute Gasteiger partial charge is 0.497 e. The highest BCUT2D eigenvalue weighted by Gasteiger charge is 2.18. The van der Waals surface area contributed by atoms with Crippen LogP contribution in [-0.4, -0.2) is 60.8 Å². The number of amides is 3. The number of methoxy groups -OCH3 is 1. The van der Waals surface area contributed by atoms with E-state index in [0.29, 0.717) is 24.5 Å². The Labute approximate surface area is 198 Å². The molecule has 0 aliphatic rings. The minimum Gasteiger partial charge on any atom is -0.497 e. The number of nitrogens with two attached hydrogens (primary N) is 2. The molecular weight excluding hydrogens is 434 g/mol. The van der Waals surface area contributed by atoms with Crippen molar-refractivity contribution < 1.29 is 14.3 Å². The third-order valence-corrected chi connectivity index (χ3v) is 5.37. The van der Waals surface area contributed by atoms with Crippen molar-refractivity contribution in [2.24, 2.45) is 11.5 Å². The summed E-state index contributed by atoms with van der Waals surface area (Å²) in [4.78, 5) is 28.3. The molecule has 0 bridgehead atoms. The fourth-order valence-electron chi connectivity index (χ4n) is 3.54. The van der Waals surface area contributed by atoms with Gasteiger partial charge in [-0.1, -0.05) is 18.2 Å². The first-order chi connectivity index (χ1) is 16.4. The third kappa shape index (κ3) is 6.48. The van der Waals surface area contributed by atoms with Crippen LogP contribution in [0.1, 0.15) is 12.0 Å². The van der Waals surface area contributed by atoms with Gasteiger partial charge in [0.2, 0.25) is 5.91 Å². The summed E-state index contributed by atoms with van der Waals surface area (Å²) < 4.78 is 5.28. The number of primary amides is 1. The molecule has 0 saturated heterocycles. The molecule has 0 spiro atoms. The minimum absolute atomic E-state index is 0.0523. The summed E-state index contributed by atoms with van der Waals surface area (Å²) in [5.41, 5.74) is 15.3. The predicted octanol–water partition coefficient (Wildman–Crippen LogP) is 2.39. The predicted molar refractivity (Wildman–Crippen MR) is 133 cm³/mol. The van der Waals surface area contributed by atoms with Crippen LogP contribution in [0, 0.1) is 0 Å². The number of hydrogen-bond donors (Lipinski definition) is 4. The molecule has 180 valence electrons. The average molecular weight is 466 g/mol. The Morgan fingerprint density at radius 2 is 1.97 bits per heavy atom. The number of hydrogen-bond acceptors (Lipinski definition) is 6. The molecule has 10 heteroatoms. The lowest BCUT2D eigenvalue weighted by Gasteiger charge is -2.26. The first-order valence-corrected chi connectivity index (χ1v) is 10.9. The molecule has 0 radical (unpaired) electrons. The molecule has 3 amide bonds. The summed E-state index contributed by atoms with van der Waals surface area (Å²) in [6.07, 6.45) is 3.59. The van der Waals surface area contributed by atoms with E-state index in [1.807, 2.05) is 54.4 Å². The van der Waals surface area contributed by atoms with Crippen LogP contribution in [0.25, 0.3) is 11.1 Å². The van der Waals surface area contributed by atoms with Crippen molar-refractivity contribution in [3.8, 4) is 16.9 Å². The van der Waals surface area contributed by atoms with Gasteiger partial charge >= 0.3 is 6.03 Å². The molecule has 10 nitrogen and oxygen atoms in total. The van der Waals surface area contributed by atoms with Crippen LogP contribution in [0.5, 0.6) is 5.75 Å². The molecule has 0 aliphatic heterocycles. The number of anilines is 2. The molecular formula is C24H31N7O3. The number of nitrogens with one attached hydrogen (secondary N) is 2. The Hall–Kier alpha value is -4.05. The first kappa shape index (κ1) is 24.6. The van der Waals surface area contributed by atoms with Gasteiger partial charge in [0.15, 0.2) is 0 Å². The van der Waals surface area contributed by atoms with Crippen LogP contribution in [0.3, 0.4) is 0 Å². The van der Waals surface area contributed by atoms with E-state index in [2.05, 4.69) is 15.5 Å². The van der Waals surface area contributed by atoms with E-state index in [-0.39, 0.29) is 25.5 Å². The monoisotopic (exact) mass is 465 g/mol. The van der Waals surface area contributed by atoms with Gasteiger partial charge in [-0.3, -0.25) is 9.89 Å². The highest BCUT2D eigenvalue weighted by molar-refractivity contribution is 5.94. The molecule has 1 aromatic heterocycles. The molecule has 0 unspecified atom stereocenters. The van der Waals surface area contributed by atoms with E-state index in [0.717, 1.165) is 22.4 Å². The number of rotatable bonds is 11. The van der Waals surface area contributed by atoms with Gasteiger partial charge in [-0.2, -0.15) is 5.10 Å². The van der Waals surface area contributed by atoms with E-state index < -0.39 is 5.91 Å². The Bertz CT molecular complexity index is 1100. The SMILES string of the molecule is COc1cccc(CN(CCC(N)=O)C(=O)Nc2ccc(-c3cn[nH]c3)cc2N(C)CCN)c1. The van der Waals surface area contributed by atoms with Gasteiger partial charge in [0, 0.05) is 51.4 Å². The van der Waals surface area contributed by atoms with Gasteiger partial charge in [-0.05, 0) is 35.4 Å². The van der Waals surface area contributed by atoms with Crippen molar-refractivity contribution in [2.75, 3.05) is 44.0 Å². The zero-order valence-electron chi connectivity index (χ0n) is 19.5. The number of carbonyl (C=O) groups is 2. The van der Waals surface area contributed by atoms with E-state index in [9.17, 15) is 9.59 Å². The van der Waals surface area contributed by atoms with Gasteiger partial charge in [0.05, 0.1) is 24.7 Å². The van der Waals surface area contributed by atoms with E-state index in [1.54, 1.807) is 24.4 Å². The molecule has 2 aromatic carbocycles. The number of aromatic amines is 1. The number of nitrogens with zero attached hydrogens (tertiary/aromatic N) is 3. The number of aromatic nitrogens is 2. The minimum atomic E-state index is -0.476. The third-order valence-electron chi connectivity index (χ3n) is 5.37. The van der Waals surface area contributed by atoms with Crippen molar-refractivity contribution in [2.45, 2.75) is 13.0 Å². The van der Waals surface area contributed by atoms with Crippen molar-refractivity contribution >= 4 is 23.3 Å². The van der Waals surface area contributed by atoms with Gasteiger partial charge in [-0.15, -0.1) is 0 Å². The Morgan fingerprint density at radius 1 is 1.15 bits per heavy atom. The molecule has 3 rings (SSSR count). The van der Waals surface area contributed by atoms with Gasteiger partial charge in [0.1, 0.15) is 5.75 Å². The van der Waals surface area contributed by atoms with E-state index >= 15 is 0 Å². The molecule has 1 heterocycles. The lowest BCUT2D eigenvalue weighted by Crippen LogP contribution is -2.37. The molecule has 0 fully saturated rings. The number of benzene rings is 2. The van der Waals surface area contributed by atoms with Crippen LogP contribution in [0.4, 0.5) is 16.2 Å². The van der Waals surface area contributed by atoms with Crippen LogP contribution in [0.15, 0.2) is 54.9 Å². The lowest BCUT2D eigenvalue weighted by molar-refractivity contribution is -0.118. The Kier molecular flexibility index (Phi) is 8.47. The molecule has 0 atom stereocenters. The van der Waals surface area contributed by atoms with Gasteiger partial charge in [-0.25, -0.2) is 4.79 Å². The number of likely N-dealkylation sites (N-methyl/N-ethyl adjacent to an activating group) is 1. The van der Waals surface area contributed by atoms with Crippen molar-refractivity contribution in [1.82, 2.24) is 15.1 Å². The molecule has 3 aromatic rings. The second-order valence-corrected chi connectivity index (χ2v) is 7.85. The molecule has 0 aliphatic carbocycles. The number of ether oxygens (including phenoxy) is 1. The first-order valence-electron chi connectivity index (χ1n) is 10.9. The summed E-state index contributed by atoms with van der Waals surface area (Å²) in [7, 11) is 3.50. The van der Waals surface area contributed by atoms with E-state index in [4.69, 9.17) is 16.2 Å². The summed E-state index contributed by atoms with van der Waals surface area (Å²) in [5, 5.41) is 9.81. The molecule has 34 heavy (non-hydrogen) atoms. The fraction of sp³-hybridized carbons (Fsp3) is 0.292. The van der Waals surface area contributed by atoms with Crippen LogP contribution in [0.2, 0.25) is 0 Å². The molecule has 6 N–H and O–H groups in total. The van der Waals surface area contributed by atoms with Gasteiger partial charge in [0.25, 0.3) is 0 Å². The zero-order chi connectivity index (χ0) is 24.5. The van der Waals surface area contributed by atoms with Crippen LogP contribution < -0.4 is 26.4 Å². The highest BCUT2D eigenvalue weighted by Crippen LogP contribution is 2.31. The van der Waals surface area contributed by atoms with Crippen LogP contribution >= 0.6 is 0 Å². The zero-order valence-corrected chi connectivity index (χ0v) is 19.5. The quantitative estimate of drug-likeness (QED) is 0.342. The maximum Gasteiger partial charge on any atom is 0.322 e. The van der Waals surface area contributed by atoms with Crippen molar-refractivity contribution in [3.63, 3.8) is 0 Å². The Morgan fingerprint density at radius 3 is 2.65 bits per heavy atom. The number of carbonyl (C=O) groups excluding carboxylic acids is 2. The second kappa shape index (κ2) is 11.7. The smallest absolute Gasteiger partial charge is 0.322 e. The average Bonchev–Trinajstić information content (AvgIpc) is 3.37. The fourth-order valence-corrected chi connectivity index (χ4v) is 3.54. The highest BCUT2D eigenvalue weighted by atomic mass is 16.5. The number of urea groups is 1. The topological polar surface area (TPSA) is 143 Å². The van der Waals surface area contributed by atoms with Gasteiger partial charge < -0.3 is 31.3 Å².